The summed E-state index contributed by atoms with van der Waals surface area (Å²) in [6, 6.07) is 5.29. The van der Waals surface area contributed by atoms with Crippen molar-refractivity contribution in [3.05, 3.63) is 30.1 Å². The van der Waals surface area contributed by atoms with Gasteiger partial charge < -0.3 is 0 Å². The molecule has 3 heteroatoms. The lowest BCUT2D eigenvalue weighted by Crippen LogP contribution is -2.13. The third-order valence-corrected chi connectivity index (χ3v) is 2.25. The highest BCUT2D eigenvalue weighted by atomic mass is 16.2. The molecule has 0 aromatic carbocycles. The smallest absolute Gasteiger partial charge is 0.149 e. The highest BCUT2D eigenvalue weighted by Gasteiger charge is 2.34. The number of Topliss-reactive ketones (excluding diaryl/α,β-unsaturated/α-hetero) is 2. The second-order valence-electron chi connectivity index (χ2n) is 3.12. The molecule has 1 saturated carbocycles. The highest BCUT2D eigenvalue weighted by molar-refractivity contribution is 6.12. The molecule has 1 aliphatic carbocycles. The van der Waals surface area contributed by atoms with Crippen LogP contribution in [0.2, 0.25) is 0 Å². The van der Waals surface area contributed by atoms with E-state index in [1.807, 2.05) is 0 Å². The molecule has 0 saturated heterocycles. The summed E-state index contributed by atoms with van der Waals surface area (Å²) in [4.78, 5) is 26.7. The summed E-state index contributed by atoms with van der Waals surface area (Å²) in [5.74, 6) is -0.575. The van der Waals surface area contributed by atoms with Crippen LogP contribution in [-0.2, 0) is 9.59 Å². The van der Waals surface area contributed by atoms with Gasteiger partial charge in [-0.25, -0.2) is 0 Å². The van der Waals surface area contributed by atoms with Crippen LogP contribution in [0.15, 0.2) is 24.4 Å². The predicted octanol–water partition coefficient (Wildman–Crippen LogP) is 1.10. The molecule has 0 N–H and O–H groups in total. The maximum Gasteiger partial charge on any atom is 0.149 e. The van der Waals surface area contributed by atoms with Crippen molar-refractivity contribution >= 4 is 11.6 Å². The van der Waals surface area contributed by atoms with Gasteiger partial charge in [0.1, 0.15) is 17.5 Å². The van der Waals surface area contributed by atoms with Gasteiger partial charge in [0.25, 0.3) is 0 Å². The molecule has 1 aliphatic rings. The van der Waals surface area contributed by atoms with E-state index in [2.05, 4.69) is 4.98 Å². The lowest BCUT2D eigenvalue weighted by molar-refractivity contribution is -0.123. The second kappa shape index (κ2) is 3.09. The molecule has 1 aromatic rings. The number of carbonyl (C=O) groups excluding carboxylic acids is 2. The van der Waals surface area contributed by atoms with Gasteiger partial charge in [-0.05, 0) is 12.1 Å². The zero-order valence-corrected chi connectivity index (χ0v) is 7.06. The van der Waals surface area contributed by atoms with E-state index in [0.717, 1.165) is 0 Å². The van der Waals surface area contributed by atoms with E-state index < -0.39 is 5.92 Å². The molecule has 0 amide bonds. The zero-order valence-electron chi connectivity index (χ0n) is 7.06. The predicted molar refractivity (Wildman–Crippen MR) is 46.2 cm³/mol. The lowest BCUT2D eigenvalue weighted by Gasteiger charge is -2.04. The molecule has 66 valence electrons. The minimum atomic E-state index is -0.582. The van der Waals surface area contributed by atoms with Crippen LogP contribution in [-0.4, -0.2) is 16.6 Å². The molecular formula is C10H9NO2. The van der Waals surface area contributed by atoms with Crippen LogP contribution < -0.4 is 0 Å². The molecule has 0 unspecified atom stereocenters. The number of nitrogens with zero attached hydrogens (tertiary/aromatic N) is 1. The van der Waals surface area contributed by atoms with Gasteiger partial charge in [-0.2, -0.15) is 0 Å². The first-order valence-corrected chi connectivity index (χ1v) is 4.25. The van der Waals surface area contributed by atoms with E-state index >= 15 is 0 Å². The Balaban J connectivity index is 2.36. The van der Waals surface area contributed by atoms with E-state index in [-0.39, 0.29) is 11.6 Å². The van der Waals surface area contributed by atoms with Crippen LogP contribution >= 0.6 is 0 Å². The fourth-order valence-electron chi connectivity index (χ4n) is 1.59. The largest absolute Gasteiger partial charge is 0.298 e. The van der Waals surface area contributed by atoms with E-state index in [0.29, 0.717) is 18.5 Å². The van der Waals surface area contributed by atoms with Crippen LogP contribution in [0.4, 0.5) is 0 Å². The Morgan fingerprint density at radius 2 is 1.85 bits per heavy atom. The molecule has 2 rings (SSSR count). The average Bonchev–Trinajstić information content (AvgIpc) is 2.48. The second-order valence-corrected chi connectivity index (χ2v) is 3.12. The van der Waals surface area contributed by atoms with Gasteiger partial charge in [0.2, 0.25) is 0 Å². The van der Waals surface area contributed by atoms with Crippen molar-refractivity contribution in [2.75, 3.05) is 0 Å². The van der Waals surface area contributed by atoms with Crippen LogP contribution in [0.1, 0.15) is 24.5 Å². The van der Waals surface area contributed by atoms with Gasteiger partial charge in [-0.1, -0.05) is 6.07 Å². The molecule has 1 heterocycles. The lowest BCUT2D eigenvalue weighted by atomic mass is 10.0. The minimum absolute atomic E-state index is 0.00343. The van der Waals surface area contributed by atoms with Gasteiger partial charge in [-0.15, -0.1) is 0 Å². The van der Waals surface area contributed by atoms with Gasteiger partial charge in [0, 0.05) is 19.0 Å². The fraction of sp³-hybridized carbons (Fsp3) is 0.300. The Morgan fingerprint density at radius 3 is 2.38 bits per heavy atom. The van der Waals surface area contributed by atoms with E-state index in [1.54, 1.807) is 24.4 Å². The molecule has 1 aromatic heterocycles. The molecule has 0 bridgehead atoms. The van der Waals surface area contributed by atoms with Gasteiger partial charge in [0.05, 0.1) is 5.69 Å². The number of carbonyl (C=O) groups is 2. The average molecular weight is 175 g/mol. The Morgan fingerprint density at radius 1 is 1.15 bits per heavy atom. The number of hydrogen-bond acceptors (Lipinski definition) is 3. The van der Waals surface area contributed by atoms with E-state index in [9.17, 15) is 9.59 Å². The van der Waals surface area contributed by atoms with Crippen LogP contribution in [0, 0.1) is 0 Å². The first kappa shape index (κ1) is 8.10. The highest BCUT2D eigenvalue weighted by Crippen LogP contribution is 2.26. The summed E-state index contributed by atoms with van der Waals surface area (Å²) in [5.41, 5.74) is 0.593. The summed E-state index contributed by atoms with van der Waals surface area (Å²) >= 11 is 0. The number of ketones is 2. The topological polar surface area (TPSA) is 47.0 Å². The number of rotatable bonds is 1. The SMILES string of the molecule is O=C1CCC(=O)C1c1ccccn1. The van der Waals surface area contributed by atoms with Crippen molar-refractivity contribution in [1.29, 1.82) is 0 Å². The van der Waals surface area contributed by atoms with Crippen molar-refractivity contribution in [3.8, 4) is 0 Å². The molecule has 0 radical (unpaired) electrons. The number of hydrogen-bond donors (Lipinski definition) is 0. The van der Waals surface area contributed by atoms with Crippen molar-refractivity contribution in [3.63, 3.8) is 0 Å². The normalized spacial score (nSPS) is 18.2. The first-order chi connectivity index (χ1) is 6.29. The van der Waals surface area contributed by atoms with Crippen LogP contribution in [0.5, 0.6) is 0 Å². The first-order valence-electron chi connectivity index (χ1n) is 4.25. The maximum absolute atomic E-state index is 11.3. The Labute approximate surface area is 75.8 Å². The maximum atomic E-state index is 11.3. The molecule has 0 atom stereocenters. The molecule has 0 spiro atoms. The van der Waals surface area contributed by atoms with Crippen molar-refractivity contribution < 1.29 is 9.59 Å². The Hall–Kier alpha value is -1.51. The van der Waals surface area contributed by atoms with E-state index in [4.69, 9.17) is 0 Å². The summed E-state index contributed by atoms with van der Waals surface area (Å²) in [6.07, 6.45) is 2.36. The molecule has 0 aliphatic heterocycles. The molecule has 3 nitrogen and oxygen atoms in total. The number of aromatic nitrogens is 1. The zero-order chi connectivity index (χ0) is 9.26. The van der Waals surface area contributed by atoms with Crippen molar-refractivity contribution in [2.45, 2.75) is 18.8 Å². The van der Waals surface area contributed by atoms with E-state index in [1.165, 1.54) is 0 Å². The van der Waals surface area contributed by atoms with Gasteiger partial charge in [-0.3, -0.25) is 14.6 Å². The molecule has 1 fully saturated rings. The summed E-state index contributed by atoms with van der Waals surface area (Å²) in [5, 5.41) is 0. The van der Waals surface area contributed by atoms with Gasteiger partial charge in [0.15, 0.2) is 0 Å². The third-order valence-electron chi connectivity index (χ3n) is 2.25. The number of pyridine rings is 1. The Kier molecular flexibility index (Phi) is 1.93. The quantitative estimate of drug-likeness (QED) is 0.600. The third kappa shape index (κ3) is 1.37. The Bertz CT molecular complexity index is 329. The monoisotopic (exact) mass is 175 g/mol. The van der Waals surface area contributed by atoms with Crippen molar-refractivity contribution in [1.82, 2.24) is 4.98 Å². The molecule has 13 heavy (non-hydrogen) atoms. The minimum Gasteiger partial charge on any atom is -0.298 e. The van der Waals surface area contributed by atoms with Crippen molar-refractivity contribution in [2.24, 2.45) is 0 Å². The molecular weight excluding hydrogens is 166 g/mol. The fourth-order valence-corrected chi connectivity index (χ4v) is 1.59. The summed E-state index contributed by atoms with van der Waals surface area (Å²) in [6.45, 7) is 0. The summed E-state index contributed by atoms with van der Waals surface area (Å²) in [7, 11) is 0. The van der Waals surface area contributed by atoms with Crippen LogP contribution in [0.25, 0.3) is 0 Å². The van der Waals surface area contributed by atoms with Crippen LogP contribution in [0.3, 0.4) is 0 Å². The summed E-state index contributed by atoms with van der Waals surface area (Å²) < 4.78 is 0. The van der Waals surface area contributed by atoms with Gasteiger partial charge >= 0.3 is 0 Å². The standard InChI is InChI=1S/C10H9NO2/c12-8-4-5-9(13)10(8)7-3-1-2-6-11-7/h1-3,6,10H,4-5H2.